The second-order valence-electron chi connectivity index (χ2n) is 11.7. The van der Waals surface area contributed by atoms with Crippen molar-refractivity contribution in [2.45, 2.75) is 81.7 Å². The van der Waals surface area contributed by atoms with Crippen LogP contribution in [0.4, 0.5) is 5.69 Å². The number of nitrogens with one attached hydrogen (secondary N) is 1. The largest absolute Gasteiger partial charge is 0.388 e. The molecule has 3 saturated heterocycles. The Morgan fingerprint density at radius 2 is 1.66 bits per heavy atom. The molecule has 0 bridgehead atoms. The van der Waals surface area contributed by atoms with Crippen molar-refractivity contribution in [3.8, 4) is 0 Å². The fraction of sp³-hybridized carbons (Fsp3) is 0.690. The van der Waals surface area contributed by atoms with Crippen LogP contribution in [0.15, 0.2) is 24.3 Å². The van der Waals surface area contributed by atoms with Crippen LogP contribution in [0.1, 0.15) is 61.7 Å². The van der Waals surface area contributed by atoms with Gasteiger partial charge in [0.1, 0.15) is 30.9 Å². The zero-order valence-corrected chi connectivity index (χ0v) is 22.1. The first-order valence-electron chi connectivity index (χ1n) is 14.5. The number of rotatable bonds is 6. The number of anilines is 1. The predicted octanol–water partition coefficient (Wildman–Crippen LogP) is 1.58. The maximum Gasteiger partial charge on any atom is 0.251 e. The van der Waals surface area contributed by atoms with E-state index in [1.54, 1.807) is 0 Å². The van der Waals surface area contributed by atoms with Crippen molar-refractivity contribution in [2.24, 2.45) is 5.92 Å². The Morgan fingerprint density at radius 1 is 0.947 bits per heavy atom. The van der Waals surface area contributed by atoms with Crippen LogP contribution in [-0.4, -0.2) is 102 Å². The number of amides is 2. The molecule has 2 aliphatic carbocycles. The Hall–Kier alpha value is -2.49. The third-order valence-corrected chi connectivity index (χ3v) is 9.51. The third kappa shape index (κ3) is 4.96. The molecule has 206 valence electrons. The number of carbonyl (C=O) groups excluding carboxylic acids is 3. The number of hydrogen-bond acceptors (Lipinski definition) is 7. The standard InChI is InChI=1S/C29H40N4O5/c34-23-17-33(26-24(35)18-38-27(23)26)29(37)25(19-5-2-1-3-6-19)30-28(36)20-9-11-22(12-10-20)32-15-13-31(14-16-32)21-7-4-8-21/h9-12,19,21,23,25-27,34H,1-8,13-18H2,(H,30,36)/t23-,25+,26-,27-/m1/s1. The zero-order chi connectivity index (χ0) is 26.2. The van der Waals surface area contributed by atoms with E-state index >= 15 is 0 Å². The highest BCUT2D eigenvalue weighted by Crippen LogP contribution is 2.32. The molecule has 9 nitrogen and oxygen atoms in total. The van der Waals surface area contributed by atoms with Gasteiger partial charge in [-0.15, -0.1) is 0 Å². The number of β-amino-alcohol motifs (C(OH)–C–C–N with tert-alkyl or cyclic N) is 1. The third-order valence-electron chi connectivity index (χ3n) is 9.51. The first kappa shape index (κ1) is 25.8. The van der Waals surface area contributed by atoms with Crippen molar-refractivity contribution in [2.75, 3.05) is 44.2 Å². The summed E-state index contributed by atoms with van der Waals surface area (Å²) in [7, 11) is 0. The smallest absolute Gasteiger partial charge is 0.251 e. The SMILES string of the molecule is O=C(N[C@H](C(=O)N1C[C@@H](O)[C@H]2OCC(=O)[C@H]21)C1CCCCC1)c1ccc(N2CCN(C3CCC3)CC2)cc1. The fourth-order valence-corrected chi connectivity index (χ4v) is 7.03. The summed E-state index contributed by atoms with van der Waals surface area (Å²) in [5, 5.41) is 13.4. The summed E-state index contributed by atoms with van der Waals surface area (Å²) in [5.41, 5.74) is 1.64. The zero-order valence-electron chi connectivity index (χ0n) is 22.1. The molecule has 3 aliphatic heterocycles. The number of aliphatic hydroxyl groups excluding tert-OH is 1. The second-order valence-corrected chi connectivity index (χ2v) is 11.7. The number of nitrogens with zero attached hydrogens (tertiary/aromatic N) is 3. The summed E-state index contributed by atoms with van der Waals surface area (Å²) in [5.74, 6) is -0.727. The van der Waals surface area contributed by atoms with Gasteiger partial charge >= 0.3 is 0 Å². The minimum absolute atomic E-state index is 0.0139. The van der Waals surface area contributed by atoms with Gasteiger partial charge in [-0.1, -0.05) is 25.7 Å². The van der Waals surface area contributed by atoms with Crippen LogP contribution in [0.2, 0.25) is 0 Å². The average Bonchev–Trinajstić information content (AvgIpc) is 3.47. The maximum absolute atomic E-state index is 13.8. The van der Waals surface area contributed by atoms with E-state index in [1.807, 2.05) is 24.3 Å². The molecular formula is C29H40N4O5. The van der Waals surface area contributed by atoms with E-state index < -0.39 is 24.3 Å². The Labute approximate surface area is 224 Å². The highest BCUT2D eigenvalue weighted by atomic mass is 16.5. The van der Waals surface area contributed by atoms with Gasteiger partial charge in [0, 0.05) is 43.5 Å². The number of ether oxygens (including phenoxy) is 1. The van der Waals surface area contributed by atoms with Gasteiger partial charge in [-0.2, -0.15) is 0 Å². The summed E-state index contributed by atoms with van der Waals surface area (Å²) in [6.45, 7) is 4.12. The lowest BCUT2D eigenvalue weighted by Gasteiger charge is -2.43. The van der Waals surface area contributed by atoms with E-state index in [2.05, 4.69) is 15.1 Å². The Kier molecular flexibility index (Phi) is 7.42. The average molecular weight is 525 g/mol. The van der Waals surface area contributed by atoms with Gasteiger partial charge in [-0.3, -0.25) is 19.3 Å². The number of fused-ring (bicyclic) bond motifs is 1. The van der Waals surface area contributed by atoms with Crippen molar-refractivity contribution in [3.63, 3.8) is 0 Å². The van der Waals surface area contributed by atoms with Crippen LogP contribution in [0.5, 0.6) is 0 Å². The van der Waals surface area contributed by atoms with Crippen LogP contribution >= 0.6 is 0 Å². The molecular weight excluding hydrogens is 484 g/mol. The lowest BCUT2D eigenvalue weighted by Crippen LogP contribution is -2.55. The minimum atomic E-state index is -0.888. The topological polar surface area (TPSA) is 102 Å². The molecule has 0 aromatic heterocycles. The lowest BCUT2D eigenvalue weighted by molar-refractivity contribution is -0.139. The Morgan fingerprint density at radius 3 is 2.32 bits per heavy atom. The van der Waals surface area contributed by atoms with Gasteiger partial charge in [0.25, 0.3) is 5.91 Å². The number of Topliss-reactive ketones (excluding diaryl/α,β-unsaturated/α-hetero) is 1. The molecule has 0 unspecified atom stereocenters. The molecule has 5 aliphatic rings. The van der Waals surface area contributed by atoms with Crippen LogP contribution < -0.4 is 10.2 Å². The van der Waals surface area contributed by atoms with Crippen LogP contribution in [0.25, 0.3) is 0 Å². The number of carbonyl (C=O) groups is 3. The summed E-state index contributed by atoms with van der Waals surface area (Å²) in [6, 6.07) is 6.98. The fourth-order valence-electron chi connectivity index (χ4n) is 7.03. The molecule has 2 N–H and O–H groups in total. The molecule has 38 heavy (non-hydrogen) atoms. The first-order chi connectivity index (χ1) is 18.5. The van der Waals surface area contributed by atoms with Crippen molar-refractivity contribution in [3.05, 3.63) is 29.8 Å². The van der Waals surface area contributed by atoms with E-state index in [9.17, 15) is 19.5 Å². The van der Waals surface area contributed by atoms with Gasteiger partial charge in [-0.05, 0) is 55.9 Å². The number of aliphatic hydroxyl groups is 1. The molecule has 0 spiro atoms. The minimum Gasteiger partial charge on any atom is -0.388 e. The van der Waals surface area contributed by atoms with Gasteiger partial charge in [0.05, 0.1) is 6.54 Å². The van der Waals surface area contributed by atoms with Gasteiger partial charge < -0.3 is 25.0 Å². The van der Waals surface area contributed by atoms with Gasteiger partial charge in [0.2, 0.25) is 5.91 Å². The van der Waals surface area contributed by atoms with Crippen molar-refractivity contribution in [1.29, 1.82) is 0 Å². The number of piperazine rings is 1. The van der Waals surface area contributed by atoms with E-state index in [1.165, 1.54) is 24.2 Å². The summed E-state index contributed by atoms with van der Waals surface area (Å²) in [6.07, 6.45) is 7.34. The van der Waals surface area contributed by atoms with E-state index in [-0.39, 0.29) is 36.7 Å². The highest BCUT2D eigenvalue weighted by Gasteiger charge is 2.53. The predicted molar refractivity (Wildman–Crippen MR) is 142 cm³/mol. The Balaban J connectivity index is 1.13. The maximum atomic E-state index is 13.8. The molecule has 5 fully saturated rings. The van der Waals surface area contributed by atoms with E-state index in [0.717, 1.165) is 70.0 Å². The van der Waals surface area contributed by atoms with Crippen LogP contribution in [0, 0.1) is 5.92 Å². The molecule has 1 aromatic carbocycles. The van der Waals surface area contributed by atoms with Crippen molar-refractivity contribution >= 4 is 23.3 Å². The highest BCUT2D eigenvalue weighted by molar-refractivity contribution is 5.99. The van der Waals surface area contributed by atoms with Gasteiger partial charge in [-0.25, -0.2) is 0 Å². The number of hydrogen-bond donors (Lipinski definition) is 2. The normalized spacial score (nSPS) is 29.7. The monoisotopic (exact) mass is 524 g/mol. The van der Waals surface area contributed by atoms with Crippen molar-refractivity contribution in [1.82, 2.24) is 15.1 Å². The van der Waals surface area contributed by atoms with E-state index in [4.69, 9.17) is 4.74 Å². The number of ketones is 1. The van der Waals surface area contributed by atoms with E-state index in [0.29, 0.717) is 5.56 Å². The summed E-state index contributed by atoms with van der Waals surface area (Å²) >= 11 is 0. The molecule has 2 saturated carbocycles. The van der Waals surface area contributed by atoms with Crippen LogP contribution in [-0.2, 0) is 14.3 Å². The van der Waals surface area contributed by atoms with Crippen molar-refractivity contribution < 1.29 is 24.2 Å². The molecule has 1 aromatic rings. The molecule has 0 radical (unpaired) electrons. The lowest BCUT2D eigenvalue weighted by atomic mass is 9.83. The molecule has 3 heterocycles. The number of likely N-dealkylation sites (tertiary alicyclic amines) is 1. The number of benzene rings is 1. The summed E-state index contributed by atoms with van der Waals surface area (Å²) < 4.78 is 5.46. The first-order valence-corrected chi connectivity index (χ1v) is 14.5. The second kappa shape index (κ2) is 10.9. The summed E-state index contributed by atoms with van der Waals surface area (Å²) in [4.78, 5) is 46.1. The molecule has 9 heteroatoms. The molecule has 4 atom stereocenters. The molecule has 6 rings (SSSR count). The quantitative estimate of drug-likeness (QED) is 0.583. The van der Waals surface area contributed by atoms with Crippen LogP contribution in [0.3, 0.4) is 0 Å². The Bertz CT molecular complexity index is 1030. The molecule has 2 amide bonds. The van der Waals surface area contributed by atoms with Gasteiger partial charge in [0.15, 0.2) is 5.78 Å².